The Hall–Kier alpha value is -3.66. The van der Waals surface area contributed by atoms with E-state index in [2.05, 4.69) is 5.32 Å². The van der Waals surface area contributed by atoms with Crippen LogP contribution in [0.1, 0.15) is 38.9 Å². The molecule has 2 amide bonds. The van der Waals surface area contributed by atoms with E-state index in [1.54, 1.807) is 0 Å². The Morgan fingerprint density at radius 3 is 2.16 bits per heavy atom. The molecule has 0 bridgehead atoms. The smallest absolute Gasteiger partial charge is 0.278 e. The summed E-state index contributed by atoms with van der Waals surface area (Å²) in [6, 6.07) is 19.7. The maximum absolute atomic E-state index is 13.5. The number of hydrogen-bond acceptors (Lipinski definition) is 3. The van der Waals surface area contributed by atoms with Crippen LogP contribution in [0, 0.1) is 34.6 Å². The van der Waals surface area contributed by atoms with E-state index >= 15 is 0 Å². The Morgan fingerprint density at radius 1 is 0.750 bits per heavy atom. The minimum atomic E-state index is -0.301. The molecule has 0 spiro atoms. The van der Waals surface area contributed by atoms with Crippen LogP contribution in [0.5, 0.6) is 0 Å². The van der Waals surface area contributed by atoms with Gasteiger partial charge in [0.05, 0.1) is 12.1 Å². The number of imide groups is 1. The molecule has 0 saturated carbocycles. The summed E-state index contributed by atoms with van der Waals surface area (Å²) in [5, 5.41) is 3.31. The van der Waals surface area contributed by atoms with Gasteiger partial charge in [-0.25, -0.2) is 0 Å². The first-order valence-electron chi connectivity index (χ1n) is 10.8. The van der Waals surface area contributed by atoms with Crippen molar-refractivity contribution in [1.29, 1.82) is 0 Å². The van der Waals surface area contributed by atoms with E-state index in [9.17, 15) is 9.59 Å². The van der Waals surface area contributed by atoms with Crippen LogP contribution < -0.4 is 5.32 Å². The molecule has 0 atom stereocenters. The third-order valence-corrected chi connectivity index (χ3v) is 6.29. The number of amides is 2. The van der Waals surface area contributed by atoms with Gasteiger partial charge in [0.1, 0.15) is 5.70 Å². The molecule has 0 aliphatic carbocycles. The second kappa shape index (κ2) is 8.46. The molecule has 4 heteroatoms. The molecule has 3 aromatic carbocycles. The summed E-state index contributed by atoms with van der Waals surface area (Å²) >= 11 is 0. The van der Waals surface area contributed by atoms with Gasteiger partial charge >= 0.3 is 0 Å². The molecule has 1 aliphatic rings. The van der Waals surface area contributed by atoms with Crippen molar-refractivity contribution >= 4 is 23.1 Å². The van der Waals surface area contributed by atoms with E-state index in [0.717, 1.165) is 44.6 Å². The van der Waals surface area contributed by atoms with E-state index in [4.69, 9.17) is 0 Å². The van der Waals surface area contributed by atoms with Crippen LogP contribution in [-0.2, 0) is 16.1 Å². The van der Waals surface area contributed by atoms with Crippen molar-refractivity contribution in [3.05, 3.63) is 105 Å². The Kier molecular flexibility index (Phi) is 5.70. The topological polar surface area (TPSA) is 49.4 Å². The lowest BCUT2D eigenvalue weighted by Gasteiger charge is -2.16. The molecule has 1 aliphatic heterocycles. The van der Waals surface area contributed by atoms with E-state index in [1.165, 1.54) is 4.90 Å². The zero-order valence-corrected chi connectivity index (χ0v) is 19.2. The third-order valence-electron chi connectivity index (χ3n) is 6.29. The minimum Gasteiger partial charge on any atom is -0.350 e. The molecule has 0 unspecified atom stereocenters. The monoisotopic (exact) mass is 424 g/mol. The summed E-state index contributed by atoms with van der Waals surface area (Å²) in [5.41, 5.74) is 8.80. The van der Waals surface area contributed by atoms with Gasteiger partial charge in [-0.05, 0) is 74.1 Å². The fourth-order valence-electron chi connectivity index (χ4n) is 3.90. The van der Waals surface area contributed by atoms with Crippen molar-refractivity contribution in [3.63, 3.8) is 0 Å². The van der Waals surface area contributed by atoms with E-state index in [-0.39, 0.29) is 18.4 Å². The fraction of sp³-hybridized carbons (Fsp3) is 0.214. The Labute approximate surface area is 189 Å². The second-order valence-corrected chi connectivity index (χ2v) is 8.60. The number of hydrogen-bond donors (Lipinski definition) is 1. The maximum atomic E-state index is 13.5. The molecule has 4 nitrogen and oxygen atoms in total. The molecule has 0 fully saturated rings. The number of benzene rings is 3. The Morgan fingerprint density at radius 2 is 1.47 bits per heavy atom. The molecule has 3 aromatic rings. The normalized spacial score (nSPS) is 13.8. The Bertz CT molecular complexity index is 1250. The largest absolute Gasteiger partial charge is 0.350 e. The summed E-state index contributed by atoms with van der Waals surface area (Å²) in [7, 11) is 0. The molecular formula is C28H28N2O2. The predicted octanol–water partition coefficient (Wildman–Crippen LogP) is 5.62. The summed E-state index contributed by atoms with van der Waals surface area (Å²) < 4.78 is 0. The highest BCUT2D eigenvalue weighted by atomic mass is 16.2. The molecular weight excluding hydrogens is 396 g/mol. The average Bonchev–Trinajstić information content (AvgIpc) is 2.99. The molecule has 4 rings (SSSR count). The van der Waals surface area contributed by atoms with Crippen LogP contribution in [0.25, 0.3) is 5.57 Å². The highest BCUT2D eigenvalue weighted by molar-refractivity contribution is 6.36. The van der Waals surface area contributed by atoms with Crippen molar-refractivity contribution in [3.8, 4) is 0 Å². The van der Waals surface area contributed by atoms with Gasteiger partial charge in [0.2, 0.25) is 0 Å². The van der Waals surface area contributed by atoms with Crippen molar-refractivity contribution in [2.45, 2.75) is 41.2 Å². The lowest BCUT2D eigenvalue weighted by Crippen LogP contribution is -2.32. The zero-order chi connectivity index (χ0) is 23.0. The van der Waals surface area contributed by atoms with Gasteiger partial charge in [-0.15, -0.1) is 0 Å². The zero-order valence-electron chi connectivity index (χ0n) is 19.2. The van der Waals surface area contributed by atoms with Gasteiger partial charge in [-0.3, -0.25) is 14.5 Å². The molecule has 1 heterocycles. The van der Waals surface area contributed by atoms with Crippen molar-refractivity contribution < 1.29 is 9.59 Å². The lowest BCUT2D eigenvalue weighted by molar-refractivity contribution is -0.137. The van der Waals surface area contributed by atoms with Gasteiger partial charge in [-0.2, -0.15) is 0 Å². The van der Waals surface area contributed by atoms with Crippen LogP contribution in [0.15, 0.2) is 66.4 Å². The molecule has 162 valence electrons. The number of carbonyl (C=O) groups excluding carboxylic acids is 2. The predicted molar refractivity (Wildman–Crippen MR) is 129 cm³/mol. The van der Waals surface area contributed by atoms with Crippen LogP contribution in [0.3, 0.4) is 0 Å². The van der Waals surface area contributed by atoms with Crippen LogP contribution in [-0.4, -0.2) is 16.7 Å². The van der Waals surface area contributed by atoms with Gasteiger partial charge < -0.3 is 5.32 Å². The van der Waals surface area contributed by atoms with Gasteiger partial charge in [-0.1, -0.05) is 60.2 Å². The highest BCUT2D eigenvalue weighted by Gasteiger charge is 2.39. The summed E-state index contributed by atoms with van der Waals surface area (Å²) in [4.78, 5) is 28.4. The van der Waals surface area contributed by atoms with Crippen molar-refractivity contribution in [2.24, 2.45) is 0 Å². The minimum absolute atomic E-state index is 0.240. The first kappa shape index (κ1) is 21.6. The van der Waals surface area contributed by atoms with Gasteiger partial charge in [0.15, 0.2) is 0 Å². The number of nitrogens with zero attached hydrogens (tertiary/aromatic N) is 1. The van der Waals surface area contributed by atoms with Gasteiger partial charge in [0, 0.05) is 5.69 Å². The number of carbonyl (C=O) groups is 2. The quantitative estimate of drug-likeness (QED) is 0.541. The van der Waals surface area contributed by atoms with Crippen LogP contribution >= 0.6 is 0 Å². The van der Waals surface area contributed by atoms with Gasteiger partial charge in [0.25, 0.3) is 11.8 Å². The van der Waals surface area contributed by atoms with E-state index in [1.807, 2.05) is 95.3 Å². The van der Waals surface area contributed by atoms with Crippen LogP contribution in [0.4, 0.5) is 5.69 Å². The molecule has 0 saturated heterocycles. The first-order valence-corrected chi connectivity index (χ1v) is 10.8. The fourth-order valence-corrected chi connectivity index (χ4v) is 3.90. The van der Waals surface area contributed by atoms with Crippen molar-refractivity contribution in [1.82, 2.24) is 4.90 Å². The average molecular weight is 425 g/mol. The summed E-state index contributed by atoms with van der Waals surface area (Å²) in [5.74, 6) is -0.573. The molecule has 0 aromatic heterocycles. The molecule has 32 heavy (non-hydrogen) atoms. The highest BCUT2D eigenvalue weighted by Crippen LogP contribution is 2.33. The number of nitrogens with one attached hydrogen (secondary N) is 1. The summed E-state index contributed by atoms with van der Waals surface area (Å²) in [6.45, 7) is 10.4. The molecule has 0 radical (unpaired) electrons. The third kappa shape index (κ3) is 3.96. The lowest BCUT2D eigenvalue weighted by atomic mass is 9.99. The standard InChI is InChI=1S/C28H28N2O2/c1-17-9-12-22(13-10-17)16-30-27(31)25(23-14-11-18(2)20(4)15-23)26(28(30)32)29-24-8-6-7-19(3)21(24)5/h6-15,29H,16H2,1-5H3. The summed E-state index contributed by atoms with van der Waals surface area (Å²) in [6.07, 6.45) is 0. The van der Waals surface area contributed by atoms with E-state index in [0.29, 0.717) is 11.3 Å². The first-order chi connectivity index (χ1) is 15.3. The van der Waals surface area contributed by atoms with Crippen LogP contribution in [0.2, 0.25) is 0 Å². The van der Waals surface area contributed by atoms with E-state index < -0.39 is 0 Å². The molecule has 1 N–H and O–H groups in total. The second-order valence-electron chi connectivity index (χ2n) is 8.60. The number of anilines is 1. The van der Waals surface area contributed by atoms with Crippen molar-refractivity contribution in [2.75, 3.05) is 5.32 Å². The number of rotatable bonds is 5. The number of aryl methyl sites for hydroxylation is 4. The SMILES string of the molecule is Cc1ccc(CN2C(=O)C(Nc3cccc(C)c3C)=C(c3ccc(C)c(C)c3)C2=O)cc1. The maximum Gasteiger partial charge on any atom is 0.278 e. The Balaban J connectivity index is 1.79.